The van der Waals surface area contributed by atoms with Gasteiger partial charge in [-0.15, -0.1) is 0 Å². The van der Waals surface area contributed by atoms with Crippen molar-refractivity contribution in [2.45, 2.75) is 24.9 Å². The van der Waals surface area contributed by atoms with E-state index in [9.17, 15) is 14.4 Å². The minimum absolute atomic E-state index is 0.282. The zero-order chi connectivity index (χ0) is 23.2. The van der Waals surface area contributed by atoms with Gasteiger partial charge < -0.3 is 15.0 Å². The van der Waals surface area contributed by atoms with Gasteiger partial charge in [-0.25, -0.2) is 4.79 Å². The van der Waals surface area contributed by atoms with Crippen LogP contribution in [0.25, 0.3) is 10.8 Å². The second kappa shape index (κ2) is 7.92. The molecule has 7 nitrogen and oxygen atoms in total. The molecule has 0 radical (unpaired) electrons. The first-order chi connectivity index (χ1) is 15.9. The molecule has 7 heteroatoms. The standard InChI is InChI=1S/C26H25N3O4/c1-28(15-17-7-8-20-14-21(33-2)10-9-19(20)13-17)23(30)16-29-24(31)26(27-25(29)32)12-11-18-5-3-4-6-22(18)26/h3-10,13-14H,11-12,15-16H2,1-2H3,(H,27,32)/t26-/m1/s1. The number of imide groups is 1. The van der Waals surface area contributed by atoms with Crippen LogP contribution in [0.4, 0.5) is 4.79 Å². The molecule has 33 heavy (non-hydrogen) atoms. The van der Waals surface area contributed by atoms with Gasteiger partial charge in [0.15, 0.2) is 0 Å². The summed E-state index contributed by atoms with van der Waals surface area (Å²) in [5.74, 6) is 0.147. The molecule has 2 aliphatic rings. The van der Waals surface area contributed by atoms with Crippen molar-refractivity contribution in [3.63, 3.8) is 0 Å². The third-order valence-electron chi connectivity index (χ3n) is 6.67. The number of amides is 4. The third-order valence-corrected chi connectivity index (χ3v) is 6.67. The molecule has 1 fully saturated rings. The number of nitrogens with zero attached hydrogens (tertiary/aromatic N) is 2. The molecular weight excluding hydrogens is 418 g/mol. The second-order valence-corrected chi connectivity index (χ2v) is 8.68. The fourth-order valence-corrected chi connectivity index (χ4v) is 4.85. The van der Waals surface area contributed by atoms with E-state index in [2.05, 4.69) is 5.32 Å². The Kier molecular flexibility index (Phi) is 5.04. The molecule has 1 heterocycles. The Labute approximate surface area is 191 Å². The van der Waals surface area contributed by atoms with Crippen molar-refractivity contribution in [2.75, 3.05) is 20.7 Å². The van der Waals surface area contributed by atoms with Crippen LogP contribution in [0.3, 0.4) is 0 Å². The van der Waals surface area contributed by atoms with Gasteiger partial charge in [0.25, 0.3) is 5.91 Å². The Bertz CT molecular complexity index is 1290. The average Bonchev–Trinajstić information content (AvgIpc) is 3.31. The predicted octanol–water partition coefficient (Wildman–Crippen LogP) is 3.20. The van der Waals surface area contributed by atoms with Crippen LogP contribution in [0.5, 0.6) is 5.75 Å². The fraction of sp³-hybridized carbons (Fsp3) is 0.269. The number of benzene rings is 3. The number of carbonyl (C=O) groups is 3. The van der Waals surface area contributed by atoms with Gasteiger partial charge in [0.2, 0.25) is 5.91 Å². The van der Waals surface area contributed by atoms with Crippen LogP contribution in [0.2, 0.25) is 0 Å². The normalized spacial score (nSPS) is 19.2. The van der Waals surface area contributed by atoms with Crippen molar-refractivity contribution in [2.24, 2.45) is 0 Å². The van der Waals surface area contributed by atoms with Crippen molar-refractivity contribution < 1.29 is 19.1 Å². The average molecular weight is 444 g/mol. The van der Waals surface area contributed by atoms with E-state index in [1.807, 2.05) is 60.7 Å². The fourth-order valence-electron chi connectivity index (χ4n) is 4.85. The SMILES string of the molecule is COc1ccc2cc(CN(C)C(=O)CN3C(=O)N[C@@]4(CCc5ccccc54)C3=O)ccc2c1. The van der Waals surface area contributed by atoms with Crippen molar-refractivity contribution in [3.05, 3.63) is 77.4 Å². The number of urea groups is 1. The molecule has 1 N–H and O–H groups in total. The van der Waals surface area contributed by atoms with E-state index in [1.54, 1.807) is 19.1 Å². The van der Waals surface area contributed by atoms with E-state index in [4.69, 9.17) is 4.74 Å². The summed E-state index contributed by atoms with van der Waals surface area (Å²) in [7, 11) is 3.31. The number of hydrogen-bond donors (Lipinski definition) is 1. The molecule has 1 saturated heterocycles. The van der Waals surface area contributed by atoms with Gasteiger partial charge in [-0.2, -0.15) is 0 Å². The van der Waals surface area contributed by atoms with Gasteiger partial charge in [0.1, 0.15) is 17.8 Å². The van der Waals surface area contributed by atoms with Crippen LogP contribution in [0, 0.1) is 0 Å². The summed E-state index contributed by atoms with van der Waals surface area (Å²) in [6, 6.07) is 19.0. The number of ether oxygens (including phenoxy) is 1. The van der Waals surface area contributed by atoms with Gasteiger partial charge in [-0.3, -0.25) is 14.5 Å². The van der Waals surface area contributed by atoms with Crippen LogP contribution in [-0.2, 0) is 28.1 Å². The lowest BCUT2D eigenvalue weighted by Gasteiger charge is -2.23. The number of rotatable bonds is 5. The molecule has 1 aliphatic carbocycles. The molecule has 3 aromatic carbocycles. The van der Waals surface area contributed by atoms with Crippen LogP contribution in [0.1, 0.15) is 23.1 Å². The van der Waals surface area contributed by atoms with Crippen molar-refractivity contribution in [3.8, 4) is 5.75 Å². The lowest BCUT2D eigenvalue weighted by atomic mass is 9.92. The largest absolute Gasteiger partial charge is 0.497 e. The molecule has 1 atom stereocenters. The Morgan fingerprint density at radius 3 is 2.67 bits per heavy atom. The zero-order valence-electron chi connectivity index (χ0n) is 18.6. The first-order valence-corrected chi connectivity index (χ1v) is 10.9. The van der Waals surface area contributed by atoms with Gasteiger partial charge >= 0.3 is 6.03 Å². The maximum atomic E-state index is 13.3. The minimum Gasteiger partial charge on any atom is -0.497 e. The molecule has 0 bridgehead atoms. The van der Waals surface area contributed by atoms with Crippen LogP contribution in [-0.4, -0.2) is 48.3 Å². The van der Waals surface area contributed by atoms with Crippen molar-refractivity contribution >= 4 is 28.6 Å². The zero-order valence-corrected chi connectivity index (χ0v) is 18.6. The number of methoxy groups -OCH3 is 1. The number of fused-ring (bicyclic) bond motifs is 3. The lowest BCUT2D eigenvalue weighted by molar-refractivity contribution is -0.138. The third kappa shape index (κ3) is 3.50. The number of carbonyl (C=O) groups excluding carboxylic acids is 3. The summed E-state index contributed by atoms with van der Waals surface area (Å²) in [6.07, 6.45) is 1.23. The molecule has 4 amide bonds. The summed E-state index contributed by atoms with van der Waals surface area (Å²) >= 11 is 0. The van der Waals surface area contributed by atoms with E-state index in [1.165, 1.54) is 0 Å². The highest BCUT2D eigenvalue weighted by atomic mass is 16.5. The Hall–Kier alpha value is -3.87. The quantitative estimate of drug-likeness (QED) is 0.615. The van der Waals surface area contributed by atoms with E-state index in [0.717, 1.165) is 44.5 Å². The molecule has 3 aromatic rings. The number of likely N-dealkylation sites (N-methyl/N-ethyl adjacent to an activating group) is 1. The highest BCUT2D eigenvalue weighted by Crippen LogP contribution is 2.41. The maximum absolute atomic E-state index is 13.3. The first kappa shape index (κ1) is 21.0. The Morgan fingerprint density at radius 1 is 1.09 bits per heavy atom. The molecular formula is C26H25N3O4. The van der Waals surface area contributed by atoms with Gasteiger partial charge in [-0.05, 0) is 58.5 Å². The minimum atomic E-state index is -1.05. The summed E-state index contributed by atoms with van der Waals surface area (Å²) < 4.78 is 5.27. The van der Waals surface area contributed by atoms with Crippen molar-refractivity contribution in [1.29, 1.82) is 0 Å². The Morgan fingerprint density at radius 2 is 1.85 bits per heavy atom. The molecule has 0 unspecified atom stereocenters. The molecule has 168 valence electrons. The smallest absolute Gasteiger partial charge is 0.325 e. The van der Waals surface area contributed by atoms with Crippen LogP contribution in [0.15, 0.2) is 60.7 Å². The summed E-state index contributed by atoms with van der Waals surface area (Å²) in [5, 5.41) is 4.96. The monoisotopic (exact) mass is 443 g/mol. The van der Waals surface area contributed by atoms with E-state index < -0.39 is 11.6 Å². The lowest BCUT2D eigenvalue weighted by Crippen LogP contribution is -2.44. The van der Waals surface area contributed by atoms with Gasteiger partial charge in [0, 0.05) is 13.6 Å². The molecule has 1 aliphatic heterocycles. The highest BCUT2D eigenvalue weighted by molar-refractivity contribution is 6.09. The number of nitrogens with one attached hydrogen (secondary N) is 1. The van der Waals surface area contributed by atoms with Gasteiger partial charge in [-0.1, -0.05) is 42.5 Å². The van der Waals surface area contributed by atoms with Gasteiger partial charge in [0.05, 0.1) is 7.11 Å². The van der Waals surface area contributed by atoms with E-state index in [-0.39, 0.29) is 18.4 Å². The molecule has 5 rings (SSSR count). The second-order valence-electron chi connectivity index (χ2n) is 8.68. The predicted molar refractivity (Wildman–Crippen MR) is 124 cm³/mol. The Balaban J connectivity index is 1.29. The van der Waals surface area contributed by atoms with Crippen molar-refractivity contribution in [1.82, 2.24) is 15.1 Å². The van der Waals surface area contributed by atoms with Crippen LogP contribution < -0.4 is 10.1 Å². The summed E-state index contributed by atoms with van der Waals surface area (Å²) in [4.78, 5) is 41.5. The first-order valence-electron chi connectivity index (χ1n) is 10.9. The van der Waals surface area contributed by atoms with Crippen LogP contribution >= 0.6 is 0 Å². The van der Waals surface area contributed by atoms with E-state index in [0.29, 0.717) is 13.0 Å². The molecule has 1 spiro atoms. The maximum Gasteiger partial charge on any atom is 0.325 e. The highest BCUT2D eigenvalue weighted by Gasteiger charge is 2.55. The topological polar surface area (TPSA) is 79.0 Å². The van der Waals surface area contributed by atoms with E-state index >= 15 is 0 Å². The molecule has 0 saturated carbocycles. The molecule has 0 aromatic heterocycles. The summed E-state index contributed by atoms with van der Waals surface area (Å²) in [6.45, 7) is 0.0916. The summed E-state index contributed by atoms with van der Waals surface area (Å²) in [5.41, 5.74) is 1.80. The number of aryl methyl sites for hydroxylation is 1. The number of hydrogen-bond acceptors (Lipinski definition) is 4.